The highest BCUT2D eigenvalue weighted by Gasteiger charge is 2.39. The molecule has 2 saturated heterocycles. The molecule has 0 amide bonds. The molecule has 0 saturated carbocycles. The topological polar surface area (TPSA) is 81.4 Å². The third-order valence-electron chi connectivity index (χ3n) is 3.93. The number of rotatable bonds is 3. The molecular formula is C11H22N2O3S. The van der Waals surface area contributed by atoms with Gasteiger partial charge in [0.25, 0.3) is 0 Å². The minimum atomic E-state index is -2.98. The van der Waals surface area contributed by atoms with Gasteiger partial charge in [-0.05, 0) is 25.7 Å². The smallest absolute Gasteiger partial charge is 0.154 e. The second-order valence-corrected chi connectivity index (χ2v) is 7.41. The van der Waals surface area contributed by atoms with Gasteiger partial charge >= 0.3 is 0 Å². The summed E-state index contributed by atoms with van der Waals surface area (Å²) in [6.45, 7) is 1.41. The summed E-state index contributed by atoms with van der Waals surface area (Å²) in [6.07, 6.45) is 4.50. The van der Waals surface area contributed by atoms with Crippen molar-refractivity contribution in [1.29, 1.82) is 0 Å². The van der Waals surface area contributed by atoms with Crippen LogP contribution >= 0.6 is 0 Å². The molecule has 17 heavy (non-hydrogen) atoms. The van der Waals surface area contributed by atoms with E-state index in [1.54, 1.807) is 0 Å². The van der Waals surface area contributed by atoms with Crippen molar-refractivity contribution in [2.75, 3.05) is 19.0 Å². The average Bonchev–Trinajstić information content (AvgIpc) is 2.33. The van der Waals surface area contributed by atoms with Crippen LogP contribution in [0.15, 0.2) is 0 Å². The van der Waals surface area contributed by atoms with E-state index in [4.69, 9.17) is 10.6 Å². The van der Waals surface area contributed by atoms with Crippen molar-refractivity contribution >= 4 is 9.84 Å². The van der Waals surface area contributed by atoms with Crippen molar-refractivity contribution in [2.45, 2.75) is 43.4 Å². The highest BCUT2D eigenvalue weighted by Crippen LogP contribution is 2.28. The second-order valence-electron chi connectivity index (χ2n) is 5.07. The molecule has 2 rings (SSSR count). The van der Waals surface area contributed by atoms with Gasteiger partial charge in [-0.25, -0.2) is 8.42 Å². The molecule has 0 aromatic heterocycles. The van der Waals surface area contributed by atoms with Crippen LogP contribution in [0.5, 0.6) is 0 Å². The first kappa shape index (κ1) is 13.3. The highest BCUT2D eigenvalue weighted by atomic mass is 32.2. The van der Waals surface area contributed by atoms with Crippen LogP contribution in [-0.2, 0) is 14.6 Å². The fraction of sp³-hybridized carbons (Fsp3) is 1.00. The summed E-state index contributed by atoms with van der Waals surface area (Å²) in [7, 11) is -2.98. The van der Waals surface area contributed by atoms with E-state index in [1.165, 1.54) is 0 Å². The maximum Gasteiger partial charge on any atom is 0.154 e. The predicted octanol–water partition coefficient (Wildman–Crippen LogP) is 0.212. The predicted molar refractivity (Wildman–Crippen MR) is 66.1 cm³/mol. The van der Waals surface area contributed by atoms with Gasteiger partial charge in [-0.1, -0.05) is 6.42 Å². The molecule has 0 bridgehead atoms. The third kappa shape index (κ3) is 2.99. The Balaban J connectivity index is 2.10. The van der Waals surface area contributed by atoms with Crippen molar-refractivity contribution < 1.29 is 13.2 Å². The lowest BCUT2D eigenvalue weighted by Crippen LogP contribution is -2.54. The molecule has 0 aromatic carbocycles. The van der Waals surface area contributed by atoms with Gasteiger partial charge in [0.1, 0.15) is 0 Å². The molecule has 3 atom stereocenters. The van der Waals surface area contributed by atoms with Crippen molar-refractivity contribution in [3.05, 3.63) is 0 Å². The van der Waals surface area contributed by atoms with E-state index < -0.39 is 9.84 Å². The van der Waals surface area contributed by atoms with Crippen molar-refractivity contribution in [1.82, 2.24) is 5.43 Å². The van der Waals surface area contributed by atoms with E-state index in [0.717, 1.165) is 38.7 Å². The van der Waals surface area contributed by atoms with Crippen LogP contribution in [0.2, 0.25) is 0 Å². The van der Waals surface area contributed by atoms with E-state index in [1.807, 2.05) is 0 Å². The van der Waals surface area contributed by atoms with Gasteiger partial charge in [-0.3, -0.25) is 11.3 Å². The Morgan fingerprint density at radius 3 is 2.65 bits per heavy atom. The Bertz CT molecular complexity index is 339. The molecular weight excluding hydrogens is 240 g/mol. The molecule has 6 heteroatoms. The van der Waals surface area contributed by atoms with Gasteiger partial charge in [0.2, 0.25) is 0 Å². The van der Waals surface area contributed by atoms with Gasteiger partial charge in [0.15, 0.2) is 9.84 Å². The number of hydrazine groups is 1. The van der Waals surface area contributed by atoms with Crippen LogP contribution < -0.4 is 11.3 Å². The first-order valence-corrected chi connectivity index (χ1v) is 8.12. The molecule has 100 valence electrons. The molecule has 5 nitrogen and oxygen atoms in total. The fourth-order valence-electron chi connectivity index (χ4n) is 2.98. The van der Waals surface area contributed by atoms with Crippen LogP contribution in [-0.4, -0.2) is 38.7 Å². The highest BCUT2D eigenvalue weighted by molar-refractivity contribution is 7.92. The molecule has 2 heterocycles. The number of ether oxygens (including phenoxy) is 1. The van der Waals surface area contributed by atoms with E-state index in [0.29, 0.717) is 12.4 Å². The molecule has 0 aromatic rings. The minimum Gasteiger partial charge on any atom is -0.381 e. The monoisotopic (exact) mass is 262 g/mol. The molecule has 3 unspecified atom stereocenters. The van der Waals surface area contributed by atoms with Crippen LogP contribution in [0.25, 0.3) is 0 Å². The van der Waals surface area contributed by atoms with Crippen LogP contribution in [0.3, 0.4) is 0 Å². The quantitative estimate of drug-likeness (QED) is 0.561. The Morgan fingerprint density at radius 1 is 1.24 bits per heavy atom. The summed E-state index contributed by atoms with van der Waals surface area (Å²) in [5.41, 5.74) is 2.74. The summed E-state index contributed by atoms with van der Waals surface area (Å²) >= 11 is 0. The first-order chi connectivity index (χ1) is 8.15. The lowest BCUT2D eigenvalue weighted by molar-refractivity contribution is 0.0379. The van der Waals surface area contributed by atoms with E-state index in [9.17, 15) is 8.42 Å². The zero-order valence-corrected chi connectivity index (χ0v) is 10.9. The van der Waals surface area contributed by atoms with Gasteiger partial charge in [-0.15, -0.1) is 0 Å². The average molecular weight is 262 g/mol. The molecule has 0 spiro atoms. The second kappa shape index (κ2) is 5.65. The van der Waals surface area contributed by atoms with E-state index in [-0.39, 0.29) is 17.2 Å². The van der Waals surface area contributed by atoms with E-state index in [2.05, 4.69) is 5.43 Å². The maximum atomic E-state index is 12.1. The SMILES string of the molecule is NNC(C1CCCOC1)C1CCCCS1(=O)=O. The first-order valence-electron chi connectivity index (χ1n) is 6.40. The summed E-state index contributed by atoms with van der Waals surface area (Å²) in [5, 5.41) is -0.326. The largest absolute Gasteiger partial charge is 0.381 e. The van der Waals surface area contributed by atoms with Crippen LogP contribution in [0.1, 0.15) is 32.1 Å². The Morgan fingerprint density at radius 2 is 2.06 bits per heavy atom. The third-order valence-corrected chi connectivity index (χ3v) is 6.23. The molecule has 2 aliphatic rings. The van der Waals surface area contributed by atoms with Crippen LogP contribution in [0, 0.1) is 5.92 Å². The van der Waals surface area contributed by atoms with Gasteiger partial charge in [0.05, 0.1) is 17.6 Å². The maximum absolute atomic E-state index is 12.1. The molecule has 0 radical (unpaired) electrons. The number of nitrogens with one attached hydrogen (secondary N) is 1. The lowest BCUT2D eigenvalue weighted by Gasteiger charge is -2.36. The number of nitrogens with two attached hydrogens (primary N) is 1. The Hall–Kier alpha value is -0.170. The lowest BCUT2D eigenvalue weighted by atomic mass is 9.90. The van der Waals surface area contributed by atoms with Gasteiger partial charge in [0, 0.05) is 18.6 Å². The van der Waals surface area contributed by atoms with Gasteiger partial charge < -0.3 is 4.74 Å². The standard InChI is InChI=1S/C11H22N2O3S/c12-13-11(9-4-3-6-16-8-9)10-5-1-2-7-17(10,14)15/h9-11,13H,1-8,12H2. The molecule has 0 aliphatic carbocycles. The number of hydrogen-bond donors (Lipinski definition) is 2. The van der Waals surface area contributed by atoms with Crippen molar-refractivity contribution in [2.24, 2.45) is 11.8 Å². The van der Waals surface area contributed by atoms with Crippen LogP contribution in [0.4, 0.5) is 0 Å². The number of sulfone groups is 1. The van der Waals surface area contributed by atoms with Gasteiger partial charge in [-0.2, -0.15) is 0 Å². The summed E-state index contributed by atoms with van der Waals surface area (Å²) in [4.78, 5) is 0. The zero-order chi connectivity index (χ0) is 12.3. The minimum absolute atomic E-state index is 0.152. The fourth-order valence-corrected chi connectivity index (χ4v) is 5.16. The number of hydrogen-bond acceptors (Lipinski definition) is 5. The zero-order valence-electron chi connectivity index (χ0n) is 10.1. The molecule has 2 fully saturated rings. The Kier molecular flexibility index (Phi) is 4.41. The van der Waals surface area contributed by atoms with Crippen molar-refractivity contribution in [3.63, 3.8) is 0 Å². The summed E-state index contributed by atoms with van der Waals surface area (Å²) < 4.78 is 29.6. The molecule has 3 N–H and O–H groups in total. The normalized spacial score (nSPS) is 35.4. The summed E-state index contributed by atoms with van der Waals surface area (Å²) in [6, 6.07) is -0.152. The van der Waals surface area contributed by atoms with Crippen molar-refractivity contribution in [3.8, 4) is 0 Å². The Labute approximate surface area is 103 Å². The summed E-state index contributed by atoms with van der Waals surface area (Å²) in [5.74, 6) is 6.12. The molecule has 2 aliphatic heterocycles. The van der Waals surface area contributed by atoms with E-state index >= 15 is 0 Å².